The number of hydrogen-bond acceptors (Lipinski definition) is 5. The van der Waals surface area contributed by atoms with Crippen LogP contribution >= 0.6 is 0 Å². The van der Waals surface area contributed by atoms with Gasteiger partial charge in [-0.25, -0.2) is 4.98 Å². The zero-order chi connectivity index (χ0) is 20.0. The van der Waals surface area contributed by atoms with E-state index in [9.17, 15) is 10.0 Å². The first-order chi connectivity index (χ1) is 14.1. The Morgan fingerprint density at radius 1 is 0.966 bits per heavy atom. The van der Waals surface area contributed by atoms with Gasteiger partial charge in [-0.1, -0.05) is 36.4 Å². The highest BCUT2D eigenvalue weighted by Gasteiger charge is 2.23. The number of nitrogens with zero attached hydrogens (tertiary/aromatic N) is 3. The molecule has 3 heterocycles. The minimum absolute atomic E-state index is 0.270. The fourth-order valence-corrected chi connectivity index (χ4v) is 3.97. The normalized spacial score (nSPS) is 13.1. The van der Waals surface area contributed by atoms with Crippen LogP contribution in [-0.4, -0.2) is 14.9 Å². The van der Waals surface area contributed by atoms with Gasteiger partial charge in [0, 0.05) is 37.3 Å². The van der Waals surface area contributed by atoms with E-state index in [1.54, 1.807) is 6.20 Å². The molecule has 5 rings (SSSR count). The van der Waals surface area contributed by atoms with E-state index in [-0.39, 0.29) is 5.65 Å². The van der Waals surface area contributed by atoms with Crippen molar-refractivity contribution in [3.05, 3.63) is 93.9 Å². The molecule has 2 aromatic heterocycles. The van der Waals surface area contributed by atoms with Crippen LogP contribution in [0.15, 0.2) is 71.7 Å². The smallest absolute Gasteiger partial charge is 0.286 e. The van der Waals surface area contributed by atoms with Crippen molar-refractivity contribution in [1.29, 1.82) is 0 Å². The molecular weight excluding hydrogens is 364 g/mol. The number of benzene rings is 2. The fraction of sp³-hybridized carbons (Fsp3) is 0.130. The Morgan fingerprint density at radius 2 is 1.72 bits per heavy atom. The highest BCUT2D eigenvalue weighted by atomic mass is 16.5. The van der Waals surface area contributed by atoms with E-state index in [4.69, 9.17) is 5.73 Å². The second-order valence-corrected chi connectivity index (χ2v) is 7.29. The Hall–Kier alpha value is -3.64. The molecule has 4 aromatic rings. The third kappa shape index (κ3) is 2.94. The van der Waals surface area contributed by atoms with Gasteiger partial charge in [-0.05, 0) is 46.0 Å². The first-order valence-electron chi connectivity index (χ1n) is 9.50. The van der Waals surface area contributed by atoms with Gasteiger partial charge in [-0.2, -0.15) is 0 Å². The van der Waals surface area contributed by atoms with E-state index in [1.807, 2.05) is 12.1 Å². The van der Waals surface area contributed by atoms with Gasteiger partial charge in [-0.3, -0.25) is 4.79 Å². The van der Waals surface area contributed by atoms with Crippen molar-refractivity contribution in [2.75, 3.05) is 4.90 Å². The summed E-state index contributed by atoms with van der Waals surface area (Å²) < 4.78 is 0.602. The number of nitrogens with two attached hydrogens (primary N) is 1. The molecule has 2 aromatic carbocycles. The molecule has 0 radical (unpaired) electrons. The standard InChI is InChI=1S/C23H20N4O2/c24-12-15-3-5-16(6-4-15)17-7-8-18-13-26(14-19(18)10-17)21-11-22(28)27(29)23-20(21)2-1-9-25-23/h1-11,29H,12-14,24H2. The molecule has 0 bridgehead atoms. The maximum Gasteiger partial charge on any atom is 0.286 e. The van der Waals surface area contributed by atoms with Crippen LogP contribution in [0.5, 0.6) is 0 Å². The average Bonchev–Trinajstić information content (AvgIpc) is 3.19. The monoisotopic (exact) mass is 384 g/mol. The van der Waals surface area contributed by atoms with E-state index in [2.05, 4.69) is 52.3 Å². The molecule has 3 N–H and O–H groups in total. The Labute approximate surface area is 167 Å². The van der Waals surface area contributed by atoms with Gasteiger partial charge in [0.25, 0.3) is 5.56 Å². The molecule has 1 aliphatic rings. The molecule has 0 atom stereocenters. The molecule has 29 heavy (non-hydrogen) atoms. The summed E-state index contributed by atoms with van der Waals surface area (Å²) in [5.41, 5.74) is 12.2. The molecule has 6 nitrogen and oxygen atoms in total. The Kier molecular flexibility index (Phi) is 4.07. The summed E-state index contributed by atoms with van der Waals surface area (Å²) in [5.74, 6) is 0. The van der Waals surface area contributed by atoms with Crippen molar-refractivity contribution in [2.24, 2.45) is 5.73 Å². The number of hydrogen-bond donors (Lipinski definition) is 2. The topological polar surface area (TPSA) is 84.4 Å². The van der Waals surface area contributed by atoms with Crippen LogP contribution < -0.4 is 16.2 Å². The molecule has 0 saturated heterocycles. The summed E-state index contributed by atoms with van der Waals surface area (Å²) in [5, 5.41) is 10.8. The summed E-state index contributed by atoms with van der Waals surface area (Å²) in [4.78, 5) is 18.5. The highest BCUT2D eigenvalue weighted by Crippen LogP contribution is 2.34. The van der Waals surface area contributed by atoms with Crippen molar-refractivity contribution in [2.45, 2.75) is 19.6 Å². The summed E-state index contributed by atoms with van der Waals surface area (Å²) in [7, 11) is 0. The van der Waals surface area contributed by atoms with Gasteiger partial charge >= 0.3 is 0 Å². The zero-order valence-corrected chi connectivity index (χ0v) is 15.7. The predicted molar refractivity (Wildman–Crippen MR) is 113 cm³/mol. The van der Waals surface area contributed by atoms with Gasteiger partial charge in [0.2, 0.25) is 0 Å². The van der Waals surface area contributed by atoms with Crippen LogP contribution in [0.4, 0.5) is 5.69 Å². The van der Waals surface area contributed by atoms with E-state index >= 15 is 0 Å². The molecule has 0 saturated carbocycles. The molecule has 1 aliphatic heterocycles. The predicted octanol–water partition coefficient (Wildman–Crippen LogP) is 3.28. The van der Waals surface area contributed by atoms with Crippen LogP contribution in [0.2, 0.25) is 0 Å². The molecule has 6 heteroatoms. The third-order valence-corrected chi connectivity index (χ3v) is 5.52. The SMILES string of the molecule is NCc1ccc(-c2ccc3c(c2)CN(c2cc(=O)n(O)c4ncccc24)C3)cc1. The number of anilines is 1. The van der Waals surface area contributed by atoms with Gasteiger partial charge in [0.15, 0.2) is 5.65 Å². The zero-order valence-electron chi connectivity index (χ0n) is 15.7. The van der Waals surface area contributed by atoms with Crippen molar-refractivity contribution in [3.8, 4) is 11.1 Å². The summed E-state index contributed by atoms with van der Waals surface area (Å²) in [6, 6.07) is 19.9. The van der Waals surface area contributed by atoms with Crippen molar-refractivity contribution in [3.63, 3.8) is 0 Å². The first-order valence-corrected chi connectivity index (χ1v) is 9.50. The minimum Gasteiger partial charge on any atom is -0.423 e. The maximum atomic E-state index is 12.2. The quantitative estimate of drug-likeness (QED) is 0.530. The van der Waals surface area contributed by atoms with Crippen molar-refractivity contribution >= 4 is 16.7 Å². The van der Waals surface area contributed by atoms with Crippen LogP contribution in [0.1, 0.15) is 16.7 Å². The minimum atomic E-state index is -0.483. The Morgan fingerprint density at radius 3 is 2.52 bits per heavy atom. The molecular formula is C23H20N4O2. The van der Waals surface area contributed by atoms with Crippen molar-refractivity contribution in [1.82, 2.24) is 9.71 Å². The van der Waals surface area contributed by atoms with E-state index < -0.39 is 5.56 Å². The van der Waals surface area contributed by atoms with Crippen LogP contribution in [0, 0.1) is 0 Å². The fourth-order valence-electron chi connectivity index (χ4n) is 3.97. The number of aromatic nitrogens is 2. The summed E-state index contributed by atoms with van der Waals surface area (Å²) in [6.45, 7) is 1.94. The van der Waals surface area contributed by atoms with Gasteiger partial charge in [0.05, 0.1) is 5.69 Å². The number of fused-ring (bicyclic) bond motifs is 2. The van der Waals surface area contributed by atoms with Crippen LogP contribution in [-0.2, 0) is 19.6 Å². The lowest BCUT2D eigenvalue weighted by Crippen LogP contribution is -2.23. The second-order valence-electron chi connectivity index (χ2n) is 7.29. The van der Waals surface area contributed by atoms with E-state index in [0.717, 1.165) is 27.8 Å². The molecule has 144 valence electrons. The van der Waals surface area contributed by atoms with Crippen LogP contribution in [0.25, 0.3) is 22.2 Å². The van der Waals surface area contributed by atoms with Gasteiger partial charge in [0.1, 0.15) is 0 Å². The highest BCUT2D eigenvalue weighted by molar-refractivity contribution is 5.89. The lowest BCUT2D eigenvalue weighted by Gasteiger charge is -2.19. The average molecular weight is 384 g/mol. The Bertz CT molecular complexity index is 1280. The first kappa shape index (κ1) is 17.5. The van der Waals surface area contributed by atoms with E-state index in [0.29, 0.717) is 24.4 Å². The summed E-state index contributed by atoms with van der Waals surface area (Å²) >= 11 is 0. The molecule has 0 fully saturated rings. The van der Waals surface area contributed by atoms with Gasteiger partial charge < -0.3 is 15.8 Å². The molecule has 0 unspecified atom stereocenters. The number of rotatable bonds is 3. The van der Waals surface area contributed by atoms with E-state index in [1.165, 1.54) is 17.2 Å². The van der Waals surface area contributed by atoms with Crippen molar-refractivity contribution < 1.29 is 5.21 Å². The maximum absolute atomic E-state index is 12.2. The second kappa shape index (κ2) is 6.76. The largest absolute Gasteiger partial charge is 0.423 e. The molecule has 0 amide bonds. The Balaban J connectivity index is 1.51. The lowest BCUT2D eigenvalue weighted by atomic mass is 10.00. The lowest BCUT2D eigenvalue weighted by molar-refractivity contribution is 0.186. The molecule has 0 aliphatic carbocycles. The third-order valence-electron chi connectivity index (χ3n) is 5.52. The summed E-state index contributed by atoms with van der Waals surface area (Å²) in [6.07, 6.45) is 1.57. The van der Waals surface area contributed by atoms with Crippen LogP contribution in [0.3, 0.4) is 0 Å². The number of pyridine rings is 2. The van der Waals surface area contributed by atoms with Gasteiger partial charge in [-0.15, -0.1) is 4.73 Å². The molecule has 0 spiro atoms.